The van der Waals surface area contributed by atoms with Crippen molar-refractivity contribution < 1.29 is 19.4 Å². The summed E-state index contributed by atoms with van der Waals surface area (Å²) in [6.45, 7) is 0.640. The zero-order valence-electron chi connectivity index (χ0n) is 10.9. The van der Waals surface area contributed by atoms with E-state index in [1.54, 1.807) is 18.3 Å². The molecule has 6 nitrogen and oxygen atoms in total. The maximum atomic E-state index is 11.5. The number of aliphatic carboxylic acids is 1. The van der Waals surface area contributed by atoms with Crippen LogP contribution in [0.2, 0.25) is 0 Å². The third-order valence-corrected chi connectivity index (χ3v) is 2.57. The van der Waals surface area contributed by atoms with Gasteiger partial charge in [0.1, 0.15) is 11.4 Å². The molecule has 0 saturated heterocycles. The molecule has 19 heavy (non-hydrogen) atoms. The van der Waals surface area contributed by atoms with E-state index >= 15 is 0 Å². The molecule has 1 rings (SSSR count). The van der Waals surface area contributed by atoms with Crippen LogP contribution >= 0.6 is 0 Å². The molecular weight excluding hydrogens is 248 g/mol. The van der Waals surface area contributed by atoms with Crippen molar-refractivity contribution in [1.29, 1.82) is 0 Å². The first-order valence-corrected chi connectivity index (χ1v) is 6.14. The van der Waals surface area contributed by atoms with Crippen molar-refractivity contribution in [3.63, 3.8) is 0 Å². The van der Waals surface area contributed by atoms with Crippen LogP contribution in [0.3, 0.4) is 0 Å². The van der Waals surface area contributed by atoms with Gasteiger partial charge in [0, 0.05) is 19.2 Å². The van der Waals surface area contributed by atoms with E-state index in [2.05, 4.69) is 15.0 Å². The van der Waals surface area contributed by atoms with Crippen molar-refractivity contribution in [2.45, 2.75) is 25.7 Å². The number of esters is 1. The van der Waals surface area contributed by atoms with E-state index in [9.17, 15) is 9.59 Å². The molecule has 0 aliphatic carbocycles. The van der Waals surface area contributed by atoms with Crippen LogP contribution in [0, 0.1) is 0 Å². The second-order valence-electron chi connectivity index (χ2n) is 4.02. The number of aromatic nitrogens is 1. The van der Waals surface area contributed by atoms with Crippen LogP contribution < -0.4 is 5.32 Å². The summed E-state index contributed by atoms with van der Waals surface area (Å²) < 4.78 is 4.66. The van der Waals surface area contributed by atoms with Crippen LogP contribution in [0.1, 0.15) is 36.0 Å². The van der Waals surface area contributed by atoms with E-state index in [0.717, 1.165) is 12.8 Å². The molecule has 0 amide bonds. The second-order valence-corrected chi connectivity index (χ2v) is 4.02. The summed E-state index contributed by atoms with van der Waals surface area (Å²) in [5.41, 5.74) is 0.399. The lowest BCUT2D eigenvalue weighted by atomic mass is 10.2. The molecule has 2 N–H and O–H groups in total. The highest BCUT2D eigenvalue weighted by Crippen LogP contribution is 2.12. The minimum Gasteiger partial charge on any atom is -0.481 e. The van der Waals surface area contributed by atoms with Gasteiger partial charge in [-0.05, 0) is 25.0 Å². The van der Waals surface area contributed by atoms with Gasteiger partial charge in [-0.2, -0.15) is 0 Å². The molecule has 0 unspecified atom stereocenters. The van der Waals surface area contributed by atoms with Crippen LogP contribution in [-0.2, 0) is 9.53 Å². The van der Waals surface area contributed by atoms with Gasteiger partial charge in [0.05, 0.1) is 7.11 Å². The van der Waals surface area contributed by atoms with Crippen LogP contribution in [0.25, 0.3) is 0 Å². The number of carbonyl (C=O) groups is 2. The van der Waals surface area contributed by atoms with Crippen LogP contribution in [0.4, 0.5) is 5.82 Å². The minimum absolute atomic E-state index is 0.191. The molecule has 0 aliphatic rings. The van der Waals surface area contributed by atoms with E-state index in [1.807, 2.05) is 0 Å². The van der Waals surface area contributed by atoms with Gasteiger partial charge in [0.15, 0.2) is 0 Å². The largest absolute Gasteiger partial charge is 0.481 e. The second kappa shape index (κ2) is 8.07. The molecule has 0 fully saturated rings. The normalized spacial score (nSPS) is 9.95. The number of methoxy groups -OCH3 is 1. The standard InChI is InChI=1S/C13H18N2O4/c1-19-13(18)10-6-5-9-15-12(10)14-8-4-2-3-7-11(16)17/h5-6,9H,2-4,7-8H2,1H3,(H,14,15)(H,16,17). The number of carboxylic acids is 1. The molecule has 0 bridgehead atoms. The van der Waals surface area contributed by atoms with Crippen molar-refractivity contribution >= 4 is 17.8 Å². The van der Waals surface area contributed by atoms with E-state index in [0.29, 0.717) is 24.3 Å². The SMILES string of the molecule is COC(=O)c1cccnc1NCCCCCC(=O)O. The van der Waals surface area contributed by atoms with Gasteiger partial charge in [-0.3, -0.25) is 4.79 Å². The highest BCUT2D eigenvalue weighted by Gasteiger charge is 2.11. The van der Waals surface area contributed by atoms with Gasteiger partial charge in [0.2, 0.25) is 0 Å². The maximum Gasteiger partial charge on any atom is 0.341 e. The Bertz CT molecular complexity index is 434. The van der Waals surface area contributed by atoms with Crippen LogP contribution in [0.5, 0.6) is 0 Å². The summed E-state index contributed by atoms with van der Waals surface area (Å²) in [5, 5.41) is 11.6. The molecule has 0 saturated carbocycles. The molecule has 1 aromatic heterocycles. The number of hydrogen-bond acceptors (Lipinski definition) is 5. The van der Waals surface area contributed by atoms with Gasteiger partial charge in [0.25, 0.3) is 0 Å². The Kier molecular flexibility index (Phi) is 6.35. The number of unbranched alkanes of at least 4 members (excludes halogenated alkanes) is 2. The molecule has 0 spiro atoms. The number of pyridine rings is 1. The van der Waals surface area contributed by atoms with E-state index < -0.39 is 11.9 Å². The molecule has 0 radical (unpaired) electrons. The zero-order chi connectivity index (χ0) is 14.1. The number of nitrogens with one attached hydrogen (secondary N) is 1. The molecule has 104 valence electrons. The maximum absolute atomic E-state index is 11.5. The van der Waals surface area contributed by atoms with Gasteiger partial charge in [-0.15, -0.1) is 0 Å². The third-order valence-electron chi connectivity index (χ3n) is 2.57. The monoisotopic (exact) mass is 266 g/mol. The average Bonchev–Trinajstić information content (AvgIpc) is 2.42. The first-order chi connectivity index (χ1) is 9.15. The molecular formula is C13H18N2O4. The molecule has 0 aliphatic heterocycles. The summed E-state index contributed by atoms with van der Waals surface area (Å²) in [6, 6.07) is 3.32. The lowest BCUT2D eigenvalue weighted by Crippen LogP contribution is -2.10. The van der Waals surface area contributed by atoms with Crippen molar-refractivity contribution in [2.24, 2.45) is 0 Å². The molecule has 1 heterocycles. The number of hydrogen-bond donors (Lipinski definition) is 2. The topological polar surface area (TPSA) is 88.5 Å². The van der Waals surface area contributed by atoms with Crippen molar-refractivity contribution in [1.82, 2.24) is 4.98 Å². The number of nitrogens with zero attached hydrogens (tertiary/aromatic N) is 1. The fraction of sp³-hybridized carbons (Fsp3) is 0.462. The first-order valence-electron chi connectivity index (χ1n) is 6.14. The fourth-order valence-corrected chi connectivity index (χ4v) is 1.61. The van der Waals surface area contributed by atoms with Gasteiger partial charge in [-0.1, -0.05) is 6.42 Å². The first kappa shape index (κ1) is 14.9. The predicted octanol–water partition coefficient (Wildman–Crippen LogP) is 1.93. The Morgan fingerprint density at radius 3 is 2.84 bits per heavy atom. The molecule has 0 aromatic carbocycles. The Balaban J connectivity index is 2.37. The Hall–Kier alpha value is -2.11. The Morgan fingerprint density at radius 1 is 1.37 bits per heavy atom. The van der Waals surface area contributed by atoms with E-state index in [1.165, 1.54) is 7.11 Å². The zero-order valence-corrected chi connectivity index (χ0v) is 10.9. The predicted molar refractivity (Wildman–Crippen MR) is 70.2 cm³/mol. The number of anilines is 1. The average molecular weight is 266 g/mol. The number of carbonyl (C=O) groups excluding carboxylic acids is 1. The quantitative estimate of drug-likeness (QED) is 0.552. The highest BCUT2D eigenvalue weighted by atomic mass is 16.5. The van der Waals surface area contributed by atoms with Gasteiger partial charge in [-0.25, -0.2) is 9.78 Å². The number of ether oxygens (including phenoxy) is 1. The summed E-state index contributed by atoms with van der Waals surface area (Å²) in [5.74, 6) is -0.709. The van der Waals surface area contributed by atoms with E-state index in [4.69, 9.17) is 5.11 Å². The summed E-state index contributed by atoms with van der Waals surface area (Å²) in [4.78, 5) is 25.9. The van der Waals surface area contributed by atoms with Crippen molar-refractivity contribution in [2.75, 3.05) is 19.0 Å². The lowest BCUT2D eigenvalue weighted by molar-refractivity contribution is -0.137. The summed E-state index contributed by atoms with van der Waals surface area (Å²) >= 11 is 0. The van der Waals surface area contributed by atoms with Crippen molar-refractivity contribution in [3.8, 4) is 0 Å². The number of carboxylic acid groups (broad SMARTS) is 1. The van der Waals surface area contributed by atoms with Crippen LogP contribution in [0.15, 0.2) is 18.3 Å². The smallest absolute Gasteiger partial charge is 0.341 e. The minimum atomic E-state index is -0.773. The Morgan fingerprint density at radius 2 is 2.16 bits per heavy atom. The number of rotatable bonds is 8. The molecule has 0 atom stereocenters. The Labute approximate surface area is 111 Å². The summed E-state index contributed by atoms with van der Waals surface area (Å²) in [7, 11) is 1.32. The van der Waals surface area contributed by atoms with Crippen LogP contribution in [-0.4, -0.2) is 35.7 Å². The van der Waals surface area contributed by atoms with E-state index in [-0.39, 0.29) is 6.42 Å². The lowest BCUT2D eigenvalue weighted by Gasteiger charge is -2.08. The highest BCUT2D eigenvalue weighted by molar-refractivity contribution is 5.94. The van der Waals surface area contributed by atoms with Gasteiger partial charge < -0.3 is 15.2 Å². The van der Waals surface area contributed by atoms with Crippen molar-refractivity contribution in [3.05, 3.63) is 23.9 Å². The molecule has 1 aromatic rings. The fourth-order valence-electron chi connectivity index (χ4n) is 1.61. The van der Waals surface area contributed by atoms with Gasteiger partial charge >= 0.3 is 11.9 Å². The third kappa shape index (κ3) is 5.37. The summed E-state index contributed by atoms with van der Waals surface area (Å²) in [6.07, 6.45) is 4.09. The molecule has 6 heteroatoms.